The SMILES string of the molecule is COC(C)c1nc2c(N)nc(C)c(C)c2n1CCC[S+]([O-])c1ccccc1. The molecule has 1 aromatic carbocycles. The average Bonchev–Trinajstić information content (AvgIpc) is 3.06. The van der Waals surface area contributed by atoms with Crippen LogP contribution in [-0.4, -0.2) is 32.0 Å². The number of rotatable bonds is 7. The van der Waals surface area contributed by atoms with E-state index in [1.165, 1.54) is 0 Å². The van der Waals surface area contributed by atoms with E-state index in [9.17, 15) is 4.55 Å². The van der Waals surface area contributed by atoms with Gasteiger partial charge in [-0.1, -0.05) is 18.2 Å². The molecule has 0 amide bonds. The largest absolute Gasteiger partial charge is 0.611 e. The van der Waals surface area contributed by atoms with Crippen molar-refractivity contribution in [2.24, 2.45) is 0 Å². The van der Waals surface area contributed by atoms with Crippen LogP contribution in [0.1, 0.15) is 36.5 Å². The Balaban J connectivity index is 1.90. The number of aromatic nitrogens is 3. The summed E-state index contributed by atoms with van der Waals surface area (Å²) < 4.78 is 20.2. The first-order valence-electron chi connectivity index (χ1n) is 9.03. The lowest BCUT2D eigenvalue weighted by molar-refractivity contribution is 0.109. The molecule has 6 nitrogen and oxygen atoms in total. The molecule has 27 heavy (non-hydrogen) atoms. The molecule has 0 aliphatic rings. The summed E-state index contributed by atoms with van der Waals surface area (Å²) in [5, 5.41) is 0. The first-order valence-corrected chi connectivity index (χ1v) is 10.3. The fourth-order valence-electron chi connectivity index (χ4n) is 3.20. The summed E-state index contributed by atoms with van der Waals surface area (Å²) >= 11 is -1.01. The van der Waals surface area contributed by atoms with Gasteiger partial charge in [-0.15, -0.1) is 0 Å². The number of pyridine rings is 1. The first-order chi connectivity index (χ1) is 12.9. The van der Waals surface area contributed by atoms with Crippen molar-refractivity contribution in [2.45, 2.75) is 44.7 Å². The average molecular weight is 387 g/mol. The van der Waals surface area contributed by atoms with E-state index in [2.05, 4.69) is 9.55 Å². The molecule has 0 aliphatic heterocycles. The number of fused-ring (bicyclic) bond motifs is 1. The summed E-state index contributed by atoms with van der Waals surface area (Å²) in [6.07, 6.45) is 0.591. The van der Waals surface area contributed by atoms with Crippen LogP contribution in [0.15, 0.2) is 35.2 Å². The van der Waals surface area contributed by atoms with Crippen molar-refractivity contribution in [3.8, 4) is 0 Å². The molecular formula is C20H26N4O2S. The highest BCUT2D eigenvalue weighted by Crippen LogP contribution is 2.29. The summed E-state index contributed by atoms with van der Waals surface area (Å²) in [6.45, 7) is 6.64. The molecule has 0 saturated carbocycles. The lowest BCUT2D eigenvalue weighted by atomic mass is 10.2. The van der Waals surface area contributed by atoms with Crippen LogP contribution in [0, 0.1) is 13.8 Å². The predicted octanol–water partition coefficient (Wildman–Crippen LogP) is 3.54. The Morgan fingerprint density at radius 1 is 1.22 bits per heavy atom. The molecule has 0 fully saturated rings. The summed E-state index contributed by atoms with van der Waals surface area (Å²) in [5.41, 5.74) is 9.78. The van der Waals surface area contributed by atoms with Crippen LogP contribution in [0.5, 0.6) is 0 Å². The van der Waals surface area contributed by atoms with E-state index < -0.39 is 11.2 Å². The molecule has 0 saturated heterocycles. The summed E-state index contributed by atoms with van der Waals surface area (Å²) in [6, 6.07) is 9.57. The maximum Gasteiger partial charge on any atom is 0.152 e. The highest BCUT2D eigenvalue weighted by atomic mass is 32.2. The molecule has 2 aromatic heterocycles. The minimum Gasteiger partial charge on any atom is -0.611 e. The zero-order chi connectivity index (χ0) is 19.6. The van der Waals surface area contributed by atoms with Crippen LogP contribution in [0.4, 0.5) is 5.82 Å². The van der Waals surface area contributed by atoms with Gasteiger partial charge in [0.1, 0.15) is 23.2 Å². The van der Waals surface area contributed by atoms with Crippen LogP contribution < -0.4 is 5.73 Å². The quantitative estimate of drug-likeness (QED) is 0.628. The zero-order valence-corrected chi connectivity index (χ0v) is 17.0. The second kappa shape index (κ2) is 8.29. The predicted molar refractivity (Wildman–Crippen MR) is 109 cm³/mol. The van der Waals surface area contributed by atoms with Crippen molar-refractivity contribution in [3.05, 3.63) is 47.4 Å². The summed E-state index contributed by atoms with van der Waals surface area (Å²) in [4.78, 5) is 9.98. The second-order valence-corrected chi connectivity index (χ2v) is 8.19. The molecule has 7 heteroatoms. The van der Waals surface area contributed by atoms with Crippen molar-refractivity contribution in [1.29, 1.82) is 0 Å². The molecule has 144 valence electrons. The Bertz CT molecular complexity index is 927. The number of aryl methyl sites for hydroxylation is 3. The van der Waals surface area contributed by atoms with E-state index in [1.807, 2.05) is 51.1 Å². The Morgan fingerprint density at radius 3 is 2.59 bits per heavy atom. The molecule has 2 N–H and O–H groups in total. The molecular weight excluding hydrogens is 360 g/mol. The van der Waals surface area contributed by atoms with Gasteiger partial charge in [-0.05, 0) is 49.6 Å². The Morgan fingerprint density at radius 2 is 1.93 bits per heavy atom. The fourth-order valence-corrected chi connectivity index (χ4v) is 4.29. The number of anilines is 1. The number of methoxy groups -OCH3 is 1. The van der Waals surface area contributed by atoms with Gasteiger partial charge in [-0.2, -0.15) is 0 Å². The monoisotopic (exact) mass is 386 g/mol. The molecule has 0 radical (unpaired) electrons. The van der Waals surface area contributed by atoms with Crippen LogP contribution in [0.25, 0.3) is 11.0 Å². The summed E-state index contributed by atoms with van der Waals surface area (Å²) in [7, 11) is 1.67. The Labute approximate surface area is 162 Å². The Kier molecular flexibility index (Phi) is 6.04. The van der Waals surface area contributed by atoms with Gasteiger partial charge in [0.2, 0.25) is 0 Å². The van der Waals surface area contributed by atoms with Crippen molar-refractivity contribution in [3.63, 3.8) is 0 Å². The fraction of sp³-hybridized carbons (Fsp3) is 0.400. The van der Waals surface area contributed by atoms with Crippen molar-refractivity contribution in [2.75, 3.05) is 18.6 Å². The van der Waals surface area contributed by atoms with Crippen molar-refractivity contribution < 1.29 is 9.29 Å². The summed E-state index contributed by atoms with van der Waals surface area (Å²) in [5.74, 6) is 1.84. The third kappa shape index (κ3) is 3.95. The van der Waals surface area contributed by atoms with E-state index in [0.717, 1.165) is 33.9 Å². The standard InChI is InChI=1S/C20H26N4O2S/c1-13-14(2)22-19(21)17-18(13)24(20(23-17)15(3)26-4)11-8-12-27(25)16-9-6-5-7-10-16/h5-7,9-10,15H,8,11-12H2,1-4H3,(H2,21,22). The molecule has 2 heterocycles. The number of hydrogen-bond donors (Lipinski definition) is 1. The molecule has 2 unspecified atom stereocenters. The number of benzene rings is 1. The van der Waals surface area contributed by atoms with E-state index in [1.54, 1.807) is 7.11 Å². The molecule has 3 aromatic rings. The van der Waals surface area contributed by atoms with Gasteiger partial charge in [0.15, 0.2) is 10.7 Å². The van der Waals surface area contributed by atoms with Crippen LogP contribution >= 0.6 is 0 Å². The van der Waals surface area contributed by atoms with Crippen LogP contribution in [0.2, 0.25) is 0 Å². The van der Waals surface area contributed by atoms with E-state index in [0.29, 0.717) is 23.6 Å². The number of nitrogens with zero attached hydrogens (tertiary/aromatic N) is 3. The first kappa shape index (κ1) is 19.7. The maximum absolute atomic E-state index is 12.5. The second-order valence-electron chi connectivity index (χ2n) is 6.62. The number of nitrogens with two attached hydrogens (primary N) is 1. The molecule has 2 atom stereocenters. The van der Waals surface area contributed by atoms with E-state index in [-0.39, 0.29) is 6.10 Å². The topological polar surface area (TPSA) is 89.0 Å². The zero-order valence-electron chi connectivity index (χ0n) is 16.2. The molecule has 0 bridgehead atoms. The number of nitrogen functional groups attached to an aromatic ring is 1. The third-order valence-electron chi connectivity index (χ3n) is 4.86. The van der Waals surface area contributed by atoms with Crippen LogP contribution in [0.3, 0.4) is 0 Å². The minimum atomic E-state index is -1.01. The normalized spacial score (nSPS) is 13.8. The highest BCUT2D eigenvalue weighted by molar-refractivity contribution is 7.91. The molecule has 0 spiro atoms. The third-order valence-corrected chi connectivity index (χ3v) is 6.32. The maximum atomic E-state index is 12.5. The van der Waals surface area contributed by atoms with Crippen molar-refractivity contribution in [1.82, 2.24) is 14.5 Å². The van der Waals surface area contributed by atoms with Gasteiger partial charge in [0.25, 0.3) is 0 Å². The van der Waals surface area contributed by atoms with Gasteiger partial charge in [-0.3, -0.25) is 0 Å². The van der Waals surface area contributed by atoms with Gasteiger partial charge < -0.3 is 19.6 Å². The van der Waals surface area contributed by atoms with Gasteiger partial charge in [0.05, 0.1) is 5.52 Å². The lowest BCUT2D eigenvalue weighted by Crippen LogP contribution is -2.13. The number of ether oxygens (including phenoxy) is 1. The molecule has 0 aliphatic carbocycles. The smallest absolute Gasteiger partial charge is 0.152 e. The Hall–Kier alpha value is -2.09. The molecule has 3 rings (SSSR count). The number of imidazole rings is 1. The van der Waals surface area contributed by atoms with Gasteiger partial charge in [-0.25, -0.2) is 9.97 Å². The lowest BCUT2D eigenvalue weighted by Gasteiger charge is -2.16. The number of hydrogen-bond acceptors (Lipinski definition) is 5. The van der Waals surface area contributed by atoms with Crippen molar-refractivity contribution >= 4 is 28.0 Å². The van der Waals surface area contributed by atoms with Crippen LogP contribution in [-0.2, 0) is 22.5 Å². The van der Waals surface area contributed by atoms with Gasteiger partial charge >= 0.3 is 0 Å². The minimum absolute atomic E-state index is 0.170. The highest BCUT2D eigenvalue weighted by Gasteiger charge is 2.21. The van der Waals surface area contributed by atoms with Gasteiger partial charge in [0, 0.05) is 25.8 Å². The van der Waals surface area contributed by atoms with E-state index >= 15 is 0 Å². The van der Waals surface area contributed by atoms with E-state index in [4.69, 9.17) is 15.5 Å².